The summed E-state index contributed by atoms with van der Waals surface area (Å²) < 4.78 is 5.10. The van der Waals surface area contributed by atoms with Crippen LogP contribution in [0.4, 0.5) is 0 Å². The van der Waals surface area contributed by atoms with Crippen molar-refractivity contribution in [3.05, 3.63) is 0 Å². The van der Waals surface area contributed by atoms with Crippen LogP contribution in [0.5, 0.6) is 0 Å². The topological polar surface area (TPSA) is 49.7 Å². The number of aliphatic hydroxyl groups excluding tert-OH is 2. The maximum absolute atomic E-state index is 8.71. The van der Waals surface area contributed by atoms with Gasteiger partial charge in [-0.25, -0.2) is 0 Å². The van der Waals surface area contributed by atoms with Crippen LogP contribution in [-0.2, 0) is 4.74 Å². The van der Waals surface area contributed by atoms with Crippen LogP contribution < -0.4 is 0 Å². The summed E-state index contributed by atoms with van der Waals surface area (Å²) in [6.45, 7) is 0.425. The summed E-state index contributed by atoms with van der Waals surface area (Å²) in [6.07, 6.45) is 0. The van der Waals surface area contributed by atoms with Crippen LogP contribution >= 0.6 is 11.8 Å². The number of aliphatic hydroxyl groups is 2. The highest BCUT2D eigenvalue weighted by Crippen LogP contribution is 2.31. The molecule has 0 unspecified atom stereocenters. The predicted octanol–water partition coefficient (Wildman–Crippen LogP) is -0.569. The number of ether oxygens (including phenoxy) is 1. The van der Waals surface area contributed by atoms with Crippen molar-refractivity contribution in [3.8, 4) is 0 Å². The predicted molar refractivity (Wildman–Crippen MR) is 35.3 cm³/mol. The van der Waals surface area contributed by atoms with E-state index in [9.17, 15) is 0 Å². The highest BCUT2D eigenvalue weighted by molar-refractivity contribution is 8.00. The Balaban J connectivity index is 2.45. The summed E-state index contributed by atoms with van der Waals surface area (Å²) in [5.74, 6) is 0.862. The van der Waals surface area contributed by atoms with E-state index in [1.807, 2.05) is 0 Å². The van der Waals surface area contributed by atoms with Gasteiger partial charge in [-0.2, -0.15) is 0 Å². The molecule has 1 heterocycles. The van der Waals surface area contributed by atoms with Crippen molar-refractivity contribution in [2.24, 2.45) is 0 Å². The third-order valence-electron chi connectivity index (χ3n) is 1.30. The van der Waals surface area contributed by atoms with E-state index >= 15 is 0 Å². The molecule has 0 atom stereocenters. The van der Waals surface area contributed by atoms with Gasteiger partial charge in [-0.15, -0.1) is 11.8 Å². The molecule has 0 bridgehead atoms. The number of hydrogen-bond donors (Lipinski definition) is 2. The second-order valence-electron chi connectivity index (χ2n) is 1.92. The van der Waals surface area contributed by atoms with E-state index in [-0.39, 0.29) is 13.2 Å². The maximum atomic E-state index is 8.71. The Morgan fingerprint density at radius 1 is 1.44 bits per heavy atom. The molecular weight excluding hydrogens is 140 g/mol. The summed E-state index contributed by atoms with van der Waals surface area (Å²) in [7, 11) is 0. The first-order valence-electron chi connectivity index (χ1n) is 2.83. The van der Waals surface area contributed by atoms with Crippen molar-refractivity contribution < 1.29 is 14.9 Å². The molecule has 4 heteroatoms. The molecule has 3 nitrogen and oxygen atoms in total. The van der Waals surface area contributed by atoms with Gasteiger partial charge in [0.1, 0.15) is 0 Å². The van der Waals surface area contributed by atoms with E-state index in [4.69, 9.17) is 14.9 Å². The third-order valence-corrected chi connectivity index (χ3v) is 2.57. The molecule has 0 spiro atoms. The monoisotopic (exact) mass is 150 g/mol. The minimum absolute atomic E-state index is 0.103. The van der Waals surface area contributed by atoms with Crippen molar-refractivity contribution in [3.63, 3.8) is 0 Å². The lowest BCUT2D eigenvalue weighted by Gasteiger charge is -2.20. The van der Waals surface area contributed by atoms with Crippen LogP contribution in [0.1, 0.15) is 0 Å². The Morgan fingerprint density at radius 2 is 2.11 bits per heavy atom. The molecule has 0 aromatic carbocycles. The largest absolute Gasteiger partial charge is 0.392 e. The number of hydrogen-bond acceptors (Lipinski definition) is 4. The molecule has 0 aromatic rings. The Bertz CT molecular complexity index is 84.2. The third kappa shape index (κ3) is 1.38. The molecule has 1 rings (SSSR count). The first-order valence-corrected chi connectivity index (χ1v) is 3.81. The van der Waals surface area contributed by atoms with Crippen molar-refractivity contribution >= 4 is 11.8 Å². The second kappa shape index (κ2) is 2.88. The average Bonchev–Trinajstić information content (AvgIpc) is 2.36. The van der Waals surface area contributed by atoms with Gasteiger partial charge in [0.15, 0.2) is 4.93 Å². The summed E-state index contributed by atoms with van der Waals surface area (Å²) in [5.41, 5.74) is 0. The van der Waals surface area contributed by atoms with E-state index in [2.05, 4.69) is 0 Å². The normalized spacial score (nSPS) is 24.7. The summed E-state index contributed by atoms with van der Waals surface area (Å²) >= 11 is 1.47. The van der Waals surface area contributed by atoms with Crippen molar-refractivity contribution in [2.75, 3.05) is 25.6 Å². The van der Waals surface area contributed by atoms with E-state index < -0.39 is 4.93 Å². The zero-order valence-corrected chi connectivity index (χ0v) is 5.86. The lowest BCUT2D eigenvalue weighted by Crippen LogP contribution is -2.33. The van der Waals surface area contributed by atoms with Crippen LogP contribution in [0.25, 0.3) is 0 Å². The van der Waals surface area contributed by atoms with Gasteiger partial charge in [-0.05, 0) is 0 Å². The second-order valence-corrected chi connectivity index (χ2v) is 3.36. The van der Waals surface area contributed by atoms with Crippen molar-refractivity contribution in [1.82, 2.24) is 0 Å². The molecule has 0 radical (unpaired) electrons. The van der Waals surface area contributed by atoms with Gasteiger partial charge in [0.2, 0.25) is 0 Å². The highest BCUT2D eigenvalue weighted by Gasteiger charge is 2.34. The zero-order valence-electron chi connectivity index (χ0n) is 5.04. The lowest BCUT2D eigenvalue weighted by atomic mass is 10.4. The minimum atomic E-state index is -0.694. The van der Waals surface area contributed by atoms with Gasteiger partial charge < -0.3 is 14.9 Å². The van der Waals surface area contributed by atoms with Gasteiger partial charge in [0.25, 0.3) is 0 Å². The number of thioether (sulfide) groups is 1. The molecule has 54 valence electrons. The lowest BCUT2D eigenvalue weighted by molar-refractivity contribution is -0.0274. The molecule has 1 aliphatic rings. The van der Waals surface area contributed by atoms with Crippen LogP contribution in [0.15, 0.2) is 0 Å². The molecule has 0 saturated carbocycles. The Hall–Kier alpha value is 0.230. The van der Waals surface area contributed by atoms with E-state index in [1.54, 1.807) is 0 Å². The fourth-order valence-corrected chi connectivity index (χ4v) is 1.62. The molecule has 9 heavy (non-hydrogen) atoms. The van der Waals surface area contributed by atoms with E-state index in [0.717, 1.165) is 5.75 Å². The molecule has 2 N–H and O–H groups in total. The van der Waals surface area contributed by atoms with Gasteiger partial charge in [-0.1, -0.05) is 0 Å². The number of rotatable bonds is 2. The first-order chi connectivity index (χ1) is 4.33. The standard InChI is InChI=1S/C5H10O3S/c6-3-5(4-7)8-1-2-9-5/h6-7H,1-4H2. The van der Waals surface area contributed by atoms with Gasteiger partial charge in [0, 0.05) is 5.75 Å². The quantitative estimate of drug-likeness (QED) is 0.553. The average molecular weight is 150 g/mol. The molecule has 1 aliphatic heterocycles. The smallest absolute Gasteiger partial charge is 0.159 e. The molecule has 0 aliphatic carbocycles. The Labute approximate surface area is 58.0 Å². The van der Waals surface area contributed by atoms with Gasteiger partial charge in [0.05, 0.1) is 19.8 Å². The minimum Gasteiger partial charge on any atom is -0.392 e. The van der Waals surface area contributed by atoms with Crippen LogP contribution in [0.2, 0.25) is 0 Å². The van der Waals surface area contributed by atoms with Crippen LogP contribution in [0.3, 0.4) is 0 Å². The Kier molecular flexibility index (Phi) is 2.35. The van der Waals surface area contributed by atoms with Gasteiger partial charge in [-0.3, -0.25) is 0 Å². The van der Waals surface area contributed by atoms with E-state index in [0.29, 0.717) is 6.61 Å². The van der Waals surface area contributed by atoms with Crippen LogP contribution in [0, 0.1) is 0 Å². The van der Waals surface area contributed by atoms with Crippen molar-refractivity contribution in [1.29, 1.82) is 0 Å². The van der Waals surface area contributed by atoms with Crippen LogP contribution in [-0.4, -0.2) is 40.7 Å². The summed E-state index contributed by atoms with van der Waals surface area (Å²) in [4.78, 5) is -0.694. The highest BCUT2D eigenvalue weighted by atomic mass is 32.2. The fourth-order valence-electron chi connectivity index (χ4n) is 0.730. The van der Waals surface area contributed by atoms with Gasteiger partial charge >= 0.3 is 0 Å². The summed E-state index contributed by atoms with van der Waals surface area (Å²) in [6, 6.07) is 0. The molecule has 1 saturated heterocycles. The Morgan fingerprint density at radius 3 is 2.33 bits per heavy atom. The van der Waals surface area contributed by atoms with Crippen molar-refractivity contribution in [2.45, 2.75) is 4.93 Å². The summed E-state index contributed by atoms with van der Waals surface area (Å²) in [5, 5.41) is 17.4. The fraction of sp³-hybridized carbons (Fsp3) is 1.00. The molecule has 0 amide bonds. The van der Waals surface area contributed by atoms with E-state index in [1.165, 1.54) is 11.8 Å². The molecule has 1 fully saturated rings. The zero-order chi connectivity index (χ0) is 6.74. The SMILES string of the molecule is OCC1(CO)OCCS1. The molecular formula is C5H10O3S. The first kappa shape index (κ1) is 7.34. The molecule has 0 aromatic heterocycles. The maximum Gasteiger partial charge on any atom is 0.159 e.